The van der Waals surface area contributed by atoms with Crippen molar-refractivity contribution in [2.75, 3.05) is 20.6 Å². The Kier molecular flexibility index (Phi) is 7.29. The summed E-state index contributed by atoms with van der Waals surface area (Å²) in [6.07, 6.45) is 11.7. The van der Waals surface area contributed by atoms with Gasteiger partial charge in [0.15, 0.2) is 0 Å². The molecule has 2 N–H and O–H groups in total. The molecule has 6 nitrogen and oxygen atoms in total. The molecule has 0 aliphatic carbocycles. The number of aryl methyl sites for hydroxylation is 1. The molecule has 0 amide bonds. The molecule has 4 aromatic heterocycles. The van der Waals surface area contributed by atoms with E-state index in [4.69, 9.17) is 0 Å². The van der Waals surface area contributed by atoms with E-state index in [1.807, 2.05) is 36.7 Å². The van der Waals surface area contributed by atoms with Gasteiger partial charge in [-0.15, -0.1) is 0 Å². The highest BCUT2D eigenvalue weighted by atomic mass is 19.1. The van der Waals surface area contributed by atoms with E-state index >= 15 is 0 Å². The zero-order valence-corrected chi connectivity index (χ0v) is 21.9. The fourth-order valence-electron chi connectivity index (χ4n) is 4.55. The number of H-pyrrole nitrogens is 2. The minimum absolute atomic E-state index is 0.272. The minimum Gasteiger partial charge on any atom is -0.338 e. The van der Waals surface area contributed by atoms with Crippen molar-refractivity contribution >= 4 is 29.3 Å². The van der Waals surface area contributed by atoms with Gasteiger partial charge in [0, 0.05) is 29.2 Å². The van der Waals surface area contributed by atoms with Gasteiger partial charge >= 0.3 is 0 Å². The first-order chi connectivity index (χ1) is 18.4. The SMILES string of the molecule is C=c1c(-c2cc3c(-c4cccc(F)c4)ccnc3[nH]2)n[nH]/c1=C/C=C(\C)c1cncc(CCCN(C)C)c1. The fourth-order valence-corrected chi connectivity index (χ4v) is 4.55. The van der Waals surface area contributed by atoms with E-state index in [2.05, 4.69) is 69.8 Å². The highest BCUT2D eigenvalue weighted by Gasteiger charge is 2.12. The van der Waals surface area contributed by atoms with Crippen LogP contribution in [-0.2, 0) is 6.42 Å². The molecule has 0 aliphatic heterocycles. The molecule has 0 fully saturated rings. The normalized spacial score (nSPS) is 12.7. The molecule has 38 heavy (non-hydrogen) atoms. The molecule has 5 aromatic rings. The Labute approximate surface area is 221 Å². The van der Waals surface area contributed by atoms with Crippen LogP contribution in [0.25, 0.3) is 51.8 Å². The lowest BCUT2D eigenvalue weighted by atomic mass is 10.0. The van der Waals surface area contributed by atoms with E-state index in [-0.39, 0.29) is 5.82 Å². The lowest BCUT2D eigenvalue weighted by Gasteiger charge is -2.09. The summed E-state index contributed by atoms with van der Waals surface area (Å²) in [5, 5.41) is 10.1. The average molecular weight is 507 g/mol. The zero-order valence-electron chi connectivity index (χ0n) is 21.9. The van der Waals surface area contributed by atoms with Crippen LogP contribution >= 0.6 is 0 Å². The maximum Gasteiger partial charge on any atom is 0.138 e. The number of fused-ring (bicyclic) bond motifs is 1. The number of pyridine rings is 2. The first-order valence-corrected chi connectivity index (χ1v) is 12.6. The van der Waals surface area contributed by atoms with Crippen LogP contribution in [0, 0.1) is 5.82 Å². The van der Waals surface area contributed by atoms with Crippen molar-refractivity contribution in [1.82, 2.24) is 30.0 Å². The van der Waals surface area contributed by atoms with E-state index in [0.717, 1.165) is 69.0 Å². The van der Waals surface area contributed by atoms with Gasteiger partial charge in [-0.05, 0) is 105 Å². The van der Waals surface area contributed by atoms with E-state index < -0.39 is 0 Å². The predicted molar refractivity (Wildman–Crippen MR) is 153 cm³/mol. The van der Waals surface area contributed by atoms with Crippen molar-refractivity contribution in [2.45, 2.75) is 19.8 Å². The van der Waals surface area contributed by atoms with Crippen LogP contribution in [-0.4, -0.2) is 50.7 Å². The van der Waals surface area contributed by atoms with Gasteiger partial charge in [-0.3, -0.25) is 10.1 Å². The van der Waals surface area contributed by atoms with Crippen molar-refractivity contribution in [3.63, 3.8) is 0 Å². The van der Waals surface area contributed by atoms with Crippen LogP contribution in [0.15, 0.2) is 67.1 Å². The second-order valence-corrected chi connectivity index (χ2v) is 9.78. The number of hydrogen-bond acceptors (Lipinski definition) is 4. The first-order valence-electron chi connectivity index (χ1n) is 12.6. The Balaban J connectivity index is 1.42. The summed E-state index contributed by atoms with van der Waals surface area (Å²) in [5.74, 6) is -0.272. The van der Waals surface area contributed by atoms with Crippen molar-refractivity contribution in [3.8, 4) is 22.5 Å². The lowest BCUT2D eigenvalue weighted by molar-refractivity contribution is 0.400. The molecule has 4 heterocycles. The summed E-state index contributed by atoms with van der Waals surface area (Å²) in [4.78, 5) is 14.4. The Bertz CT molecular complexity index is 1730. The largest absolute Gasteiger partial charge is 0.338 e. The van der Waals surface area contributed by atoms with E-state index in [1.54, 1.807) is 12.3 Å². The van der Waals surface area contributed by atoms with Gasteiger partial charge in [-0.25, -0.2) is 9.37 Å². The highest BCUT2D eigenvalue weighted by molar-refractivity contribution is 5.95. The standard InChI is InChI=1S/C31H31FN6/c1-20(24-15-22(18-33-19-24)7-6-14-38(3)4)10-11-28-21(2)30(37-36-28)29-17-27-26(12-13-34-31(27)35-29)23-8-5-9-25(32)16-23/h5,8-13,15-19,36H,2,6-7,14H2,1,3-4H3,(H,34,35)/b20-10+,28-11+. The molecule has 0 aliphatic rings. The number of allylic oxidation sites excluding steroid dienone is 2. The van der Waals surface area contributed by atoms with Crippen molar-refractivity contribution in [3.05, 3.63) is 94.6 Å². The number of benzene rings is 1. The third-order valence-electron chi connectivity index (χ3n) is 6.64. The lowest BCUT2D eigenvalue weighted by Crippen LogP contribution is -2.21. The molecule has 0 radical (unpaired) electrons. The number of aromatic nitrogens is 5. The van der Waals surface area contributed by atoms with Gasteiger partial charge in [0.2, 0.25) is 0 Å². The van der Waals surface area contributed by atoms with Crippen LogP contribution in [0.2, 0.25) is 0 Å². The number of aromatic amines is 2. The van der Waals surface area contributed by atoms with Gasteiger partial charge < -0.3 is 9.88 Å². The Morgan fingerprint density at radius 1 is 1.13 bits per heavy atom. The minimum atomic E-state index is -0.272. The number of hydrogen-bond donors (Lipinski definition) is 2. The predicted octanol–water partition coefficient (Wildman–Crippen LogP) is 4.94. The smallest absolute Gasteiger partial charge is 0.138 e. The van der Waals surface area contributed by atoms with Crippen LogP contribution in [0.5, 0.6) is 0 Å². The van der Waals surface area contributed by atoms with E-state index in [0.29, 0.717) is 5.65 Å². The average Bonchev–Trinajstić information content (AvgIpc) is 3.50. The monoisotopic (exact) mass is 506 g/mol. The summed E-state index contributed by atoms with van der Waals surface area (Å²) in [6.45, 7) is 7.40. The molecule has 192 valence electrons. The summed E-state index contributed by atoms with van der Waals surface area (Å²) in [5.41, 5.74) is 7.37. The third kappa shape index (κ3) is 5.48. The van der Waals surface area contributed by atoms with Crippen LogP contribution in [0.3, 0.4) is 0 Å². The molecule has 7 heteroatoms. The first kappa shape index (κ1) is 25.3. The fraction of sp³-hybridized carbons (Fsp3) is 0.194. The Morgan fingerprint density at radius 3 is 2.82 bits per heavy atom. The van der Waals surface area contributed by atoms with Crippen molar-refractivity contribution < 1.29 is 4.39 Å². The number of halogens is 1. The number of nitrogens with one attached hydrogen (secondary N) is 2. The second-order valence-electron chi connectivity index (χ2n) is 9.78. The Morgan fingerprint density at radius 2 is 2.00 bits per heavy atom. The van der Waals surface area contributed by atoms with Crippen LogP contribution < -0.4 is 10.6 Å². The molecule has 5 rings (SSSR count). The number of nitrogens with zero attached hydrogens (tertiary/aromatic N) is 4. The van der Waals surface area contributed by atoms with Crippen molar-refractivity contribution in [2.24, 2.45) is 0 Å². The van der Waals surface area contributed by atoms with E-state index in [1.165, 1.54) is 17.7 Å². The van der Waals surface area contributed by atoms with Crippen LogP contribution in [0.4, 0.5) is 4.39 Å². The summed E-state index contributed by atoms with van der Waals surface area (Å²) < 4.78 is 13.9. The van der Waals surface area contributed by atoms with Crippen LogP contribution in [0.1, 0.15) is 24.5 Å². The summed E-state index contributed by atoms with van der Waals surface area (Å²) in [6, 6.07) is 12.7. The van der Waals surface area contributed by atoms with Gasteiger partial charge in [0.05, 0.1) is 11.0 Å². The molecular weight excluding hydrogens is 475 g/mol. The molecule has 0 saturated carbocycles. The van der Waals surface area contributed by atoms with Gasteiger partial charge in [-0.2, -0.15) is 5.10 Å². The molecule has 0 bridgehead atoms. The summed E-state index contributed by atoms with van der Waals surface area (Å²) in [7, 11) is 4.18. The van der Waals surface area contributed by atoms with Gasteiger partial charge in [0.25, 0.3) is 0 Å². The quantitative estimate of drug-likeness (QED) is 0.313. The van der Waals surface area contributed by atoms with Gasteiger partial charge in [0.1, 0.15) is 17.2 Å². The molecule has 0 atom stereocenters. The molecule has 0 spiro atoms. The maximum absolute atomic E-state index is 13.9. The topological polar surface area (TPSA) is 73.5 Å². The maximum atomic E-state index is 13.9. The molecular formula is C31H31FN6. The highest BCUT2D eigenvalue weighted by Crippen LogP contribution is 2.30. The third-order valence-corrected chi connectivity index (χ3v) is 6.64. The second kappa shape index (κ2) is 10.9. The van der Waals surface area contributed by atoms with Gasteiger partial charge in [-0.1, -0.05) is 24.8 Å². The number of rotatable bonds is 8. The molecule has 0 unspecified atom stereocenters. The summed E-state index contributed by atoms with van der Waals surface area (Å²) >= 11 is 0. The Hall–Kier alpha value is -4.36. The zero-order chi connectivity index (χ0) is 26.6. The molecule has 0 saturated heterocycles. The van der Waals surface area contributed by atoms with Crippen molar-refractivity contribution in [1.29, 1.82) is 0 Å². The molecule has 1 aromatic carbocycles. The van der Waals surface area contributed by atoms with E-state index in [9.17, 15) is 4.39 Å².